The number of carbonyl (C=O) groups is 2. The lowest BCUT2D eigenvalue weighted by Crippen LogP contribution is -2.51. The van der Waals surface area contributed by atoms with Crippen molar-refractivity contribution in [2.24, 2.45) is 5.41 Å². The van der Waals surface area contributed by atoms with Gasteiger partial charge in [-0.15, -0.1) is 0 Å². The van der Waals surface area contributed by atoms with Gasteiger partial charge in [0.05, 0.1) is 5.69 Å². The molecule has 1 saturated carbocycles. The first-order valence-electron chi connectivity index (χ1n) is 7.78. The van der Waals surface area contributed by atoms with Crippen LogP contribution >= 0.6 is 0 Å². The van der Waals surface area contributed by atoms with Gasteiger partial charge in [-0.3, -0.25) is 9.59 Å². The molecule has 0 radical (unpaired) electrons. The topological polar surface area (TPSA) is 52.7 Å². The van der Waals surface area contributed by atoms with E-state index in [1.807, 2.05) is 7.05 Å². The SMILES string of the molecule is CN1CCN(C(=O)C2(C(=O)Nc3ccc(F)c(F)c3F)CC2)CC1. The second kappa shape index (κ2) is 6.08. The average Bonchev–Trinajstić information content (AvgIpc) is 3.37. The van der Waals surface area contributed by atoms with Crippen molar-refractivity contribution in [1.29, 1.82) is 0 Å². The molecule has 1 aliphatic carbocycles. The Bertz CT molecular complexity index is 683. The van der Waals surface area contributed by atoms with Gasteiger partial charge in [0.1, 0.15) is 5.41 Å². The van der Waals surface area contributed by atoms with Gasteiger partial charge in [0, 0.05) is 26.2 Å². The number of hydrogen-bond donors (Lipinski definition) is 1. The average molecular weight is 341 g/mol. The maximum atomic E-state index is 13.7. The molecule has 8 heteroatoms. The van der Waals surface area contributed by atoms with E-state index in [0.717, 1.165) is 25.2 Å². The van der Waals surface area contributed by atoms with E-state index in [0.29, 0.717) is 25.9 Å². The van der Waals surface area contributed by atoms with Crippen molar-refractivity contribution < 1.29 is 22.8 Å². The van der Waals surface area contributed by atoms with Crippen LogP contribution in [0.3, 0.4) is 0 Å². The van der Waals surface area contributed by atoms with E-state index in [-0.39, 0.29) is 5.91 Å². The van der Waals surface area contributed by atoms with Crippen LogP contribution in [0.5, 0.6) is 0 Å². The Hall–Kier alpha value is -2.09. The molecule has 2 fully saturated rings. The summed E-state index contributed by atoms with van der Waals surface area (Å²) in [5.74, 6) is -5.40. The lowest BCUT2D eigenvalue weighted by molar-refractivity contribution is -0.143. The van der Waals surface area contributed by atoms with Crippen molar-refractivity contribution in [2.75, 3.05) is 38.5 Å². The van der Waals surface area contributed by atoms with Crippen LogP contribution in [-0.4, -0.2) is 54.8 Å². The highest BCUT2D eigenvalue weighted by Gasteiger charge is 2.58. The predicted octanol–water partition coefficient (Wildman–Crippen LogP) is 1.60. The second-order valence-electron chi connectivity index (χ2n) is 6.35. The van der Waals surface area contributed by atoms with Crippen LogP contribution in [0.25, 0.3) is 0 Å². The molecule has 1 aromatic rings. The van der Waals surface area contributed by atoms with E-state index < -0.39 is 34.5 Å². The second-order valence-corrected chi connectivity index (χ2v) is 6.35. The molecular formula is C16H18F3N3O2. The molecule has 130 valence electrons. The van der Waals surface area contributed by atoms with Crippen LogP contribution in [0.4, 0.5) is 18.9 Å². The van der Waals surface area contributed by atoms with Gasteiger partial charge < -0.3 is 15.1 Å². The number of anilines is 1. The number of nitrogens with one attached hydrogen (secondary N) is 1. The zero-order chi connectivity index (χ0) is 17.5. The molecule has 3 rings (SSSR count). The summed E-state index contributed by atoms with van der Waals surface area (Å²) in [4.78, 5) is 28.8. The largest absolute Gasteiger partial charge is 0.339 e. The first-order valence-corrected chi connectivity index (χ1v) is 7.78. The Morgan fingerprint density at radius 3 is 2.25 bits per heavy atom. The molecule has 0 bridgehead atoms. The summed E-state index contributed by atoms with van der Waals surface area (Å²) in [6.45, 7) is 2.51. The number of nitrogens with zero attached hydrogens (tertiary/aromatic N) is 2. The molecule has 1 saturated heterocycles. The van der Waals surface area contributed by atoms with Crippen molar-refractivity contribution in [3.63, 3.8) is 0 Å². The van der Waals surface area contributed by atoms with Crippen LogP contribution in [0.2, 0.25) is 0 Å². The van der Waals surface area contributed by atoms with Crippen LogP contribution in [0.15, 0.2) is 12.1 Å². The van der Waals surface area contributed by atoms with E-state index in [1.54, 1.807) is 4.90 Å². The Morgan fingerprint density at radius 2 is 1.67 bits per heavy atom. The third kappa shape index (κ3) is 2.86. The maximum Gasteiger partial charge on any atom is 0.240 e. The molecule has 1 aliphatic heterocycles. The zero-order valence-corrected chi connectivity index (χ0v) is 13.2. The van der Waals surface area contributed by atoms with E-state index in [4.69, 9.17) is 0 Å². The molecule has 1 heterocycles. The summed E-state index contributed by atoms with van der Waals surface area (Å²) in [6, 6.07) is 1.68. The zero-order valence-electron chi connectivity index (χ0n) is 13.2. The third-order valence-electron chi connectivity index (χ3n) is 4.67. The molecule has 0 atom stereocenters. The summed E-state index contributed by atoms with van der Waals surface area (Å²) >= 11 is 0. The Kier molecular flexibility index (Phi) is 4.25. The molecule has 2 amide bonds. The minimum Gasteiger partial charge on any atom is -0.339 e. The van der Waals surface area contributed by atoms with Gasteiger partial charge in [-0.2, -0.15) is 0 Å². The summed E-state index contributed by atoms with van der Waals surface area (Å²) in [6.07, 6.45) is 0.741. The fraction of sp³-hybridized carbons (Fsp3) is 0.500. The van der Waals surface area contributed by atoms with E-state index in [9.17, 15) is 22.8 Å². The Balaban J connectivity index is 1.73. The maximum absolute atomic E-state index is 13.7. The fourth-order valence-electron chi connectivity index (χ4n) is 2.84. The number of likely N-dealkylation sites (N-methyl/N-ethyl adjacent to an activating group) is 1. The summed E-state index contributed by atoms with van der Waals surface area (Å²) in [5, 5.41) is 2.23. The summed E-state index contributed by atoms with van der Waals surface area (Å²) in [5.41, 5.74) is -1.68. The number of halogens is 3. The quantitative estimate of drug-likeness (QED) is 0.671. The number of carbonyl (C=O) groups excluding carboxylic acids is 2. The van der Waals surface area contributed by atoms with Crippen molar-refractivity contribution >= 4 is 17.5 Å². The van der Waals surface area contributed by atoms with E-state index in [2.05, 4.69) is 10.2 Å². The molecule has 1 aromatic carbocycles. The minimum absolute atomic E-state index is 0.281. The number of benzene rings is 1. The first-order chi connectivity index (χ1) is 11.3. The van der Waals surface area contributed by atoms with Crippen LogP contribution in [-0.2, 0) is 9.59 Å². The highest BCUT2D eigenvalue weighted by Crippen LogP contribution is 2.48. The van der Waals surface area contributed by atoms with E-state index >= 15 is 0 Å². The van der Waals surface area contributed by atoms with Gasteiger partial charge in [-0.25, -0.2) is 13.2 Å². The molecule has 5 nitrogen and oxygen atoms in total. The molecular weight excluding hydrogens is 323 g/mol. The summed E-state index contributed by atoms with van der Waals surface area (Å²) in [7, 11) is 1.95. The third-order valence-corrected chi connectivity index (χ3v) is 4.67. The van der Waals surface area contributed by atoms with Gasteiger partial charge in [-0.05, 0) is 32.0 Å². The number of rotatable bonds is 3. The van der Waals surface area contributed by atoms with Crippen molar-refractivity contribution in [2.45, 2.75) is 12.8 Å². The summed E-state index contributed by atoms with van der Waals surface area (Å²) < 4.78 is 39.9. The molecule has 1 N–H and O–H groups in total. The van der Waals surface area contributed by atoms with Crippen molar-refractivity contribution in [1.82, 2.24) is 9.80 Å². The van der Waals surface area contributed by atoms with Crippen LogP contribution < -0.4 is 5.32 Å². The van der Waals surface area contributed by atoms with Gasteiger partial charge >= 0.3 is 0 Å². The standard InChI is InChI=1S/C16H18F3N3O2/c1-21-6-8-22(9-7-21)15(24)16(4-5-16)14(23)20-11-3-2-10(17)12(18)13(11)19/h2-3H,4-9H2,1H3,(H,20,23). The molecule has 0 spiro atoms. The number of hydrogen-bond acceptors (Lipinski definition) is 3. The number of piperazine rings is 1. The molecule has 2 aliphatic rings. The molecule has 24 heavy (non-hydrogen) atoms. The monoisotopic (exact) mass is 341 g/mol. The smallest absolute Gasteiger partial charge is 0.240 e. The van der Waals surface area contributed by atoms with Crippen LogP contribution in [0, 0.1) is 22.9 Å². The number of amides is 2. The first kappa shape index (κ1) is 16.8. The lowest BCUT2D eigenvalue weighted by atomic mass is 10.0. The van der Waals surface area contributed by atoms with Gasteiger partial charge in [-0.1, -0.05) is 0 Å². The van der Waals surface area contributed by atoms with E-state index in [1.165, 1.54) is 0 Å². The predicted molar refractivity (Wildman–Crippen MR) is 80.7 cm³/mol. The highest BCUT2D eigenvalue weighted by molar-refractivity contribution is 6.13. The fourth-order valence-corrected chi connectivity index (χ4v) is 2.84. The highest BCUT2D eigenvalue weighted by atomic mass is 19.2. The lowest BCUT2D eigenvalue weighted by Gasteiger charge is -2.34. The van der Waals surface area contributed by atoms with Crippen molar-refractivity contribution in [3.8, 4) is 0 Å². The van der Waals surface area contributed by atoms with Crippen LogP contribution in [0.1, 0.15) is 12.8 Å². The van der Waals surface area contributed by atoms with Gasteiger partial charge in [0.2, 0.25) is 11.8 Å². The molecule has 0 unspecified atom stereocenters. The Labute approximate surface area is 137 Å². The minimum atomic E-state index is -1.65. The van der Waals surface area contributed by atoms with Crippen molar-refractivity contribution in [3.05, 3.63) is 29.6 Å². The van der Waals surface area contributed by atoms with Gasteiger partial charge in [0.15, 0.2) is 17.5 Å². The Morgan fingerprint density at radius 1 is 1.04 bits per heavy atom. The molecule has 0 aromatic heterocycles. The normalized spacial score (nSPS) is 19.9. The van der Waals surface area contributed by atoms with Gasteiger partial charge in [0.25, 0.3) is 0 Å².